The SMILES string of the molecule is C=CCc1cc(C=Nn2c(C3CCCCC3)nc3ccccc3c2=O)cc(OC)c1OCc1cccc2ccccc12. The van der Waals surface area contributed by atoms with Crippen LogP contribution in [0.3, 0.4) is 0 Å². The summed E-state index contributed by atoms with van der Waals surface area (Å²) in [6, 6.07) is 26.0. The first-order valence-electron chi connectivity index (χ1n) is 14.6. The summed E-state index contributed by atoms with van der Waals surface area (Å²) < 4.78 is 13.7. The molecule has 0 bridgehead atoms. The van der Waals surface area contributed by atoms with E-state index in [4.69, 9.17) is 19.6 Å². The average molecular weight is 558 g/mol. The quantitative estimate of drug-likeness (QED) is 0.137. The van der Waals surface area contributed by atoms with E-state index in [1.54, 1.807) is 13.3 Å². The van der Waals surface area contributed by atoms with Crippen molar-refractivity contribution in [2.24, 2.45) is 5.10 Å². The highest BCUT2D eigenvalue weighted by molar-refractivity contribution is 5.86. The number of methoxy groups -OCH3 is 1. The van der Waals surface area contributed by atoms with Crippen LogP contribution in [0.25, 0.3) is 21.7 Å². The van der Waals surface area contributed by atoms with Crippen LogP contribution in [-0.4, -0.2) is 23.0 Å². The maximum absolute atomic E-state index is 13.6. The molecule has 0 aliphatic heterocycles. The Labute approximate surface area is 245 Å². The summed E-state index contributed by atoms with van der Waals surface area (Å²) in [5, 5.41) is 7.63. The van der Waals surface area contributed by atoms with E-state index in [-0.39, 0.29) is 11.5 Å². The summed E-state index contributed by atoms with van der Waals surface area (Å²) in [5.74, 6) is 2.23. The van der Waals surface area contributed by atoms with E-state index in [0.29, 0.717) is 29.9 Å². The Morgan fingerprint density at radius 2 is 1.71 bits per heavy atom. The van der Waals surface area contributed by atoms with Gasteiger partial charge in [-0.2, -0.15) is 9.78 Å². The van der Waals surface area contributed by atoms with Crippen LogP contribution in [0.5, 0.6) is 11.5 Å². The van der Waals surface area contributed by atoms with E-state index < -0.39 is 0 Å². The van der Waals surface area contributed by atoms with Crippen molar-refractivity contribution in [3.8, 4) is 11.5 Å². The number of nitrogens with zero attached hydrogens (tertiary/aromatic N) is 3. The van der Waals surface area contributed by atoms with E-state index in [2.05, 4.69) is 30.8 Å². The standard InChI is InChI=1S/C36H35N3O3/c1-3-12-28-21-25(22-33(41-2)34(28)42-24-29-17-11-16-26-13-7-8-18-30(26)29)23-37-39-35(27-14-5-4-6-15-27)38-32-20-10-9-19-31(32)36(39)40/h3,7-11,13,16-23,27H,1,4-6,12,14-15,24H2,2H3. The Morgan fingerprint density at radius 3 is 2.52 bits per heavy atom. The number of ether oxygens (including phenoxy) is 2. The second-order valence-corrected chi connectivity index (χ2v) is 10.8. The molecule has 212 valence electrons. The van der Waals surface area contributed by atoms with Crippen LogP contribution in [0.15, 0.2) is 101 Å². The molecular weight excluding hydrogens is 522 g/mol. The molecular formula is C36H35N3O3. The first-order chi connectivity index (χ1) is 20.7. The van der Waals surface area contributed by atoms with Gasteiger partial charge in [0.05, 0.1) is 24.2 Å². The van der Waals surface area contributed by atoms with Gasteiger partial charge in [-0.05, 0) is 65.4 Å². The number of fused-ring (bicyclic) bond motifs is 2. The minimum absolute atomic E-state index is 0.147. The lowest BCUT2D eigenvalue weighted by atomic mass is 9.88. The van der Waals surface area contributed by atoms with Gasteiger partial charge in [0.2, 0.25) is 0 Å². The molecule has 1 aromatic heterocycles. The Morgan fingerprint density at radius 1 is 0.952 bits per heavy atom. The van der Waals surface area contributed by atoms with Gasteiger partial charge in [-0.3, -0.25) is 4.79 Å². The fourth-order valence-electron chi connectivity index (χ4n) is 5.95. The second kappa shape index (κ2) is 12.4. The molecule has 0 N–H and O–H groups in total. The number of benzene rings is 4. The van der Waals surface area contributed by atoms with Gasteiger partial charge in [0.1, 0.15) is 12.4 Å². The molecule has 0 unspecified atom stereocenters. The van der Waals surface area contributed by atoms with Crippen LogP contribution in [0.4, 0.5) is 0 Å². The molecule has 42 heavy (non-hydrogen) atoms. The smallest absolute Gasteiger partial charge is 0.282 e. The molecule has 6 heteroatoms. The highest BCUT2D eigenvalue weighted by Crippen LogP contribution is 2.35. The van der Waals surface area contributed by atoms with Crippen LogP contribution in [0, 0.1) is 0 Å². The molecule has 1 aliphatic carbocycles. The number of aromatic nitrogens is 2. The molecule has 1 saturated carbocycles. The monoisotopic (exact) mass is 557 g/mol. The maximum atomic E-state index is 13.6. The molecule has 6 nitrogen and oxygen atoms in total. The van der Waals surface area contributed by atoms with Gasteiger partial charge in [-0.1, -0.05) is 79.9 Å². The number of para-hydroxylation sites is 1. The lowest BCUT2D eigenvalue weighted by Crippen LogP contribution is -2.25. The maximum Gasteiger partial charge on any atom is 0.282 e. The molecule has 0 radical (unpaired) electrons. The molecule has 0 spiro atoms. The zero-order valence-electron chi connectivity index (χ0n) is 24.0. The summed E-state index contributed by atoms with van der Waals surface area (Å²) in [6.45, 7) is 4.36. The number of hydrogen-bond acceptors (Lipinski definition) is 5. The highest BCUT2D eigenvalue weighted by atomic mass is 16.5. The fourth-order valence-corrected chi connectivity index (χ4v) is 5.95. The normalized spacial score (nSPS) is 14.0. The largest absolute Gasteiger partial charge is 0.493 e. The molecule has 1 aliphatic rings. The first kappa shape index (κ1) is 27.5. The number of rotatable bonds is 9. The van der Waals surface area contributed by atoms with Crippen molar-refractivity contribution < 1.29 is 9.47 Å². The Bertz CT molecular complexity index is 1830. The third-order valence-electron chi connectivity index (χ3n) is 8.06. The zero-order chi connectivity index (χ0) is 28.9. The van der Waals surface area contributed by atoms with Gasteiger partial charge in [-0.25, -0.2) is 4.98 Å². The zero-order valence-corrected chi connectivity index (χ0v) is 24.0. The summed E-state index contributed by atoms with van der Waals surface area (Å²) in [4.78, 5) is 18.6. The van der Waals surface area contributed by atoms with E-state index in [1.165, 1.54) is 16.5 Å². The van der Waals surface area contributed by atoms with Gasteiger partial charge in [0, 0.05) is 11.5 Å². The Kier molecular flexibility index (Phi) is 8.13. The van der Waals surface area contributed by atoms with E-state index >= 15 is 0 Å². The third-order valence-corrected chi connectivity index (χ3v) is 8.06. The minimum Gasteiger partial charge on any atom is -0.493 e. The van der Waals surface area contributed by atoms with Crippen molar-refractivity contribution in [1.82, 2.24) is 9.66 Å². The van der Waals surface area contributed by atoms with Gasteiger partial charge < -0.3 is 9.47 Å². The predicted octanol–water partition coefficient (Wildman–Crippen LogP) is 7.80. The Hall–Kier alpha value is -4.71. The predicted molar refractivity (Wildman–Crippen MR) is 170 cm³/mol. The molecule has 0 atom stereocenters. The average Bonchev–Trinajstić information content (AvgIpc) is 3.04. The van der Waals surface area contributed by atoms with E-state index in [1.807, 2.05) is 60.7 Å². The van der Waals surface area contributed by atoms with Crippen LogP contribution >= 0.6 is 0 Å². The molecule has 6 rings (SSSR count). The van der Waals surface area contributed by atoms with Gasteiger partial charge >= 0.3 is 0 Å². The fraction of sp³-hybridized carbons (Fsp3) is 0.250. The number of hydrogen-bond donors (Lipinski definition) is 0. The van der Waals surface area contributed by atoms with Crippen molar-refractivity contribution in [3.63, 3.8) is 0 Å². The minimum atomic E-state index is -0.147. The van der Waals surface area contributed by atoms with E-state index in [0.717, 1.165) is 59.1 Å². The summed E-state index contributed by atoms with van der Waals surface area (Å²) in [6.07, 6.45) is 9.68. The van der Waals surface area contributed by atoms with E-state index in [9.17, 15) is 4.79 Å². The van der Waals surface area contributed by atoms with Crippen LogP contribution < -0.4 is 15.0 Å². The summed E-state index contributed by atoms with van der Waals surface area (Å²) in [7, 11) is 1.64. The van der Waals surface area contributed by atoms with Crippen LogP contribution in [0.2, 0.25) is 0 Å². The molecule has 1 heterocycles. The lowest BCUT2D eigenvalue weighted by Gasteiger charge is -2.22. The molecule has 1 fully saturated rings. The summed E-state index contributed by atoms with van der Waals surface area (Å²) in [5.41, 5.74) is 3.41. The lowest BCUT2D eigenvalue weighted by molar-refractivity contribution is 0.283. The van der Waals surface area contributed by atoms with Gasteiger partial charge in [0.25, 0.3) is 5.56 Å². The second-order valence-electron chi connectivity index (χ2n) is 10.8. The van der Waals surface area contributed by atoms with Gasteiger partial charge in [-0.15, -0.1) is 6.58 Å². The molecule has 0 saturated heterocycles. The highest BCUT2D eigenvalue weighted by Gasteiger charge is 2.22. The van der Waals surface area contributed by atoms with Crippen molar-refractivity contribution in [1.29, 1.82) is 0 Å². The molecule has 5 aromatic rings. The molecule has 0 amide bonds. The number of allylic oxidation sites excluding steroid dienone is 1. The molecule has 4 aromatic carbocycles. The van der Waals surface area contributed by atoms with Gasteiger partial charge in [0.15, 0.2) is 11.5 Å². The van der Waals surface area contributed by atoms with Crippen molar-refractivity contribution >= 4 is 27.9 Å². The first-order valence-corrected chi connectivity index (χ1v) is 14.6. The van der Waals surface area contributed by atoms with Crippen molar-refractivity contribution in [3.05, 3.63) is 124 Å². The summed E-state index contributed by atoms with van der Waals surface area (Å²) >= 11 is 0. The van der Waals surface area contributed by atoms with Crippen LogP contribution in [-0.2, 0) is 13.0 Å². The third kappa shape index (κ3) is 5.57. The van der Waals surface area contributed by atoms with Crippen LogP contribution in [0.1, 0.15) is 60.5 Å². The van der Waals surface area contributed by atoms with Crippen molar-refractivity contribution in [2.45, 2.75) is 51.0 Å². The topological polar surface area (TPSA) is 65.7 Å². The van der Waals surface area contributed by atoms with Crippen molar-refractivity contribution in [2.75, 3.05) is 7.11 Å². The Balaban J connectivity index is 1.36.